The van der Waals surface area contributed by atoms with Gasteiger partial charge in [0.2, 0.25) is 0 Å². The highest BCUT2D eigenvalue weighted by Crippen LogP contribution is 2.38. The maximum atomic E-state index is 11.3. The van der Waals surface area contributed by atoms with Gasteiger partial charge >= 0.3 is 11.9 Å². The normalized spacial score (nSPS) is 11.4. The SMILES string of the molecule is C=C(C)C(=O)OCCOCCOCCOCCOCCOc1ccc(C(C)(C)c2ccc(OCCOCCOCCOCCOCCOC(=O)C(=C)C)c(Cl)c2)cc1Cl. The Hall–Kier alpha value is -3.28. The van der Waals surface area contributed by atoms with Crippen molar-refractivity contribution in [3.05, 3.63) is 81.9 Å². The molecular formula is C43H62Cl2O14. The molecule has 0 saturated carbocycles. The highest BCUT2D eigenvalue weighted by Gasteiger charge is 2.25. The predicted molar refractivity (Wildman–Crippen MR) is 224 cm³/mol. The first-order valence-electron chi connectivity index (χ1n) is 19.6. The zero-order chi connectivity index (χ0) is 43.1. The number of halogens is 2. The van der Waals surface area contributed by atoms with Crippen molar-refractivity contribution in [3.8, 4) is 11.5 Å². The van der Waals surface area contributed by atoms with Gasteiger partial charge in [-0.25, -0.2) is 9.59 Å². The molecule has 2 rings (SSSR count). The summed E-state index contributed by atoms with van der Waals surface area (Å²) in [4.78, 5) is 22.5. The molecule has 0 bridgehead atoms. The summed E-state index contributed by atoms with van der Waals surface area (Å²) in [5.74, 6) is 0.290. The minimum absolute atomic E-state index is 0.181. The second-order valence-electron chi connectivity index (χ2n) is 13.3. The Morgan fingerprint density at radius 3 is 0.966 bits per heavy atom. The van der Waals surface area contributed by atoms with E-state index in [1.54, 1.807) is 13.8 Å². The van der Waals surface area contributed by atoms with Crippen molar-refractivity contribution in [2.75, 3.05) is 132 Å². The molecule has 0 saturated heterocycles. The number of rotatable bonds is 36. The standard InChI is InChI=1S/C43H62Cl2O14/c1-33(2)41(46)58-29-25-54-21-17-50-13-11-48-15-19-52-23-27-56-39-9-7-35(31-37(39)44)43(5,6)36-8-10-40(38(45)32-36)57-28-24-53-20-16-49-12-14-51-18-22-55-26-30-59-42(47)34(3)4/h7-10,31-32H,1,3,11-30H2,2,4-6H3. The van der Waals surface area contributed by atoms with Crippen molar-refractivity contribution in [2.45, 2.75) is 33.1 Å². The Kier molecular flexibility index (Phi) is 27.8. The van der Waals surface area contributed by atoms with Gasteiger partial charge < -0.3 is 56.8 Å². The van der Waals surface area contributed by atoms with Crippen LogP contribution < -0.4 is 9.47 Å². The van der Waals surface area contributed by atoms with E-state index in [0.29, 0.717) is 152 Å². The van der Waals surface area contributed by atoms with Crippen LogP contribution in [-0.2, 0) is 62.4 Å². The Labute approximate surface area is 359 Å². The quantitative estimate of drug-likeness (QED) is 0.0420. The first-order chi connectivity index (χ1) is 28.4. The Morgan fingerprint density at radius 1 is 0.458 bits per heavy atom. The topological polar surface area (TPSA) is 145 Å². The fourth-order valence-electron chi connectivity index (χ4n) is 4.76. The molecule has 0 aromatic heterocycles. The summed E-state index contributed by atoms with van der Waals surface area (Å²) < 4.78 is 65.4. The van der Waals surface area contributed by atoms with Gasteiger partial charge in [-0.05, 0) is 49.2 Å². The van der Waals surface area contributed by atoms with E-state index in [1.165, 1.54) is 0 Å². The zero-order valence-electron chi connectivity index (χ0n) is 35.0. The van der Waals surface area contributed by atoms with Crippen LogP contribution in [0.2, 0.25) is 10.0 Å². The summed E-state index contributed by atoms with van der Waals surface area (Å²) in [5.41, 5.74) is 2.31. The van der Waals surface area contributed by atoms with Gasteiger partial charge in [-0.1, -0.05) is 62.3 Å². The lowest BCUT2D eigenvalue weighted by Crippen LogP contribution is -2.19. The van der Waals surface area contributed by atoms with Crippen LogP contribution in [-0.4, -0.2) is 144 Å². The van der Waals surface area contributed by atoms with Crippen molar-refractivity contribution in [2.24, 2.45) is 0 Å². The third kappa shape index (κ3) is 23.3. The molecule has 0 amide bonds. The van der Waals surface area contributed by atoms with E-state index in [4.69, 9.17) is 80.0 Å². The first-order valence-corrected chi connectivity index (χ1v) is 20.3. The molecule has 0 aliphatic heterocycles. The predicted octanol–water partition coefficient (Wildman–Crippen LogP) is 6.45. The maximum absolute atomic E-state index is 11.3. The van der Waals surface area contributed by atoms with E-state index in [2.05, 4.69) is 27.0 Å². The number of hydrogen-bond donors (Lipinski definition) is 0. The minimum atomic E-state index is -0.425. The lowest BCUT2D eigenvalue weighted by molar-refractivity contribution is -0.141. The van der Waals surface area contributed by atoms with E-state index in [9.17, 15) is 9.59 Å². The van der Waals surface area contributed by atoms with Gasteiger partial charge in [-0.15, -0.1) is 0 Å². The van der Waals surface area contributed by atoms with E-state index in [-0.39, 0.29) is 13.2 Å². The van der Waals surface area contributed by atoms with E-state index < -0.39 is 17.4 Å². The molecule has 0 aliphatic rings. The molecule has 0 atom stereocenters. The summed E-state index contributed by atoms with van der Waals surface area (Å²) >= 11 is 13.2. The van der Waals surface area contributed by atoms with Crippen LogP contribution in [0.4, 0.5) is 0 Å². The average Bonchev–Trinajstić information content (AvgIpc) is 3.20. The molecule has 0 unspecified atom stereocenters. The van der Waals surface area contributed by atoms with E-state index in [1.807, 2.05) is 36.4 Å². The van der Waals surface area contributed by atoms with Crippen LogP contribution in [0.1, 0.15) is 38.8 Å². The van der Waals surface area contributed by atoms with Gasteiger partial charge in [0, 0.05) is 16.6 Å². The fourth-order valence-corrected chi connectivity index (χ4v) is 5.23. The Morgan fingerprint density at radius 2 is 0.712 bits per heavy atom. The smallest absolute Gasteiger partial charge is 0.333 e. The minimum Gasteiger partial charge on any atom is -0.490 e. The molecule has 0 N–H and O–H groups in total. The Balaban J connectivity index is 1.52. The highest BCUT2D eigenvalue weighted by atomic mass is 35.5. The number of carbonyl (C=O) groups is 2. The molecule has 14 nitrogen and oxygen atoms in total. The third-order valence-corrected chi connectivity index (χ3v) is 8.72. The molecule has 59 heavy (non-hydrogen) atoms. The summed E-state index contributed by atoms with van der Waals surface area (Å²) in [6.07, 6.45) is 0. The number of esters is 2. The van der Waals surface area contributed by atoms with Crippen LogP contribution in [0.25, 0.3) is 0 Å². The van der Waals surface area contributed by atoms with Gasteiger partial charge in [0.05, 0.1) is 116 Å². The van der Waals surface area contributed by atoms with E-state index >= 15 is 0 Å². The highest BCUT2D eigenvalue weighted by molar-refractivity contribution is 6.32. The second-order valence-corrected chi connectivity index (χ2v) is 14.2. The van der Waals surface area contributed by atoms with Gasteiger partial charge in [0.15, 0.2) is 0 Å². The molecule has 0 aliphatic carbocycles. The number of hydrogen-bond acceptors (Lipinski definition) is 14. The zero-order valence-corrected chi connectivity index (χ0v) is 36.5. The fraction of sp³-hybridized carbons (Fsp3) is 0.581. The first kappa shape index (κ1) is 51.9. The summed E-state index contributed by atoms with van der Waals surface area (Å²) in [7, 11) is 0. The molecule has 2 aromatic rings. The monoisotopic (exact) mass is 872 g/mol. The van der Waals surface area contributed by atoms with Crippen LogP contribution in [0.3, 0.4) is 0 Å². The van der Waals surface area contributed by atoms with E-state index in [0.717, 1.165) is 11.1 Å². The lowest BCUT2D eigenvalue weighted by atomic mass is 9.78. The largest absolute Gasteiger partial charge is 0.490 e. The van der Waals surface area contributed by atoms with Gasteiger partial charge in [-0.3, -0.25) is 0 Å². The summed E-state index contributed by atoms with van der Waals surface area (Å²) in [5, 5.41) is 0.999. The average molecular weight is 874 g/mol. The molecular weight excluding hydrogens is 811 g/mol. The second kappa shape index (κ2) is 31.6. The van der Waals surface area contributed by atoms with Crippen molar-refractivity contribution < 1.29 is 66.4 Å². The van der Waals surface area contributed by atoms with Crippen molar-refractivity contribution in [1.82, 2.24) is 0 Å². The number of benzene rings is 2. The van der Waals surface area contributed by atoms with Crippen LogP contribution in [0.5, 0.6) is 11.5 Å². The lowest BCUT2D eigenvalue weighted by Gasteiger charge is -2.27. The molecule has 0 spiro atoms. The third-order valence-electron chi connectivity index (χ3n) is 8.13. The van der Waals surface area contributed by atoms with Crippen molar-refractivity contribution in [1.29, 1.82) is 0 Å². The molecule has 16 heteroatoms. The molecule has 0 radical (unpaired) electrons. The van der Waals surface area contributed by atoms with Crippen LogP contribution >= 0.6 is 23.2 Å². The number of carbonyl (C=O) groups excluding carboxylic acids is 2. The number of ether oxygens (including phenoxy) is 12. The molecule has 0 fully saturated rings. The molecule has 2 aromatic carbocycles. The van der Waals surface area contributed by atoms with Crippen molar-refractivity contribution in [3.63, 3.8) is 0 Å². The maximum Gasteiger partial charge on any atom is 0.333 e. The summed E-state index contributed by atoms with van der Waals surface area (Å²) in [6, 6.07) is 11.5. The Bertz CT molecular complexity index is 1410. The van der Waals surface area contributed by atoms with Crippen LogP contribution in [0.15, 0.2) is 60.7 Å². The summed E-state index contributed by atoms with van der Waals surface area (Å²) in [6.45, 7) is 21.9. The van der Waals surface area contributed by atoms with Gasteiger partial charge in [0.1, 0.15) is 37.9 Å². The molecule has 332 valence electrons. The molecule has 0 heterocycles. The van der Waals surface area contributed by atoms with Crippen LogP contribution in [0, 0.1) is 0 Å². The van der Waals surface area contributed by atoms with Gasteiger partial charge in [-0.2, -0.15) is 0 Å². The van der Waals surface area contributed by atoms with Crippen molar-refractivity contribution >= 4 is 35.1 Å². The van der Waals surface area contributed by atoms with Gasteiger partial charge in [0.25, 0.3) is 0 Å².